The second-order valence-electron chi connectivity index (χ2n) is 8.48. The van der Waals surface area contributed by atoms with Crippen LogP contribution in [0.1, 0.15) is 49.5 Å². The van der Waals surface area contributed by atoms with E-state index in [1.165, 1.54) is 22.3 Å². The molecule has 0 aromatic heterocycles. The fourth-order valence-corrected chi connectivity index (χ4v) is 4.75. The minimum Gasteiger partial charge on any atom is -0.394 e. The van der Waals surface area contributed by atoms with E-state index in [1.807, 2.05) is 0 Å². The van der Waals surface area contributed by atoms with E-state index in [4.69, 9.17) is 4.74 Å². The molecule has 0 bridgehead atoms. The molecular weight excluding hydrogens is 386 g/mol. The summed E-state index contributed by atoms with van der Waals surface area (Å²) in [5, 5.41) is 20.0. The molecule has 2 aliphatic carbocycles. The Morgan fingerprint density at radius 3 is 2.26 bits per heavy atom. The Morgan fingerprint density at radius 1 is 0.903 bits per heavy atom. The number of ether oxygens (including phenoxy) is 1. The molecule has 4 rings (SSSR count). The smallest absolute Gasteiger partial charge is 0.0874 e. The highest BCUT2D eigenvalue weighted by Crippen LogP contribution is 2.38. The highest BCUT2D eigenvalue weighted by atomic mass is 16.5. The summed E-state index contributed by atoms with van der Waals surface area (Å²) >= 11 is 0. The zero-order valence-electron chi connectivity index (χ0n) is 18.5. The van der Waals surface area contributed by atoms with Gasteiger partial charge in [0.25, 0.3) is 0 Å². The molecule has 1 saturated heterocycles. The van der Waals surface area contributed by atoms with Crippen LogP contribution in [0, 0.1) is 0 Å². The summed E-state index contributed by atoms with van der Waals surface area (Å²) in [4.78, 5) is 2.33. The maximum atomic E-state index is 10.4. The van der Waals surface area contributed by atoms with E-state index in [0.29, 0.717) is 12.8 Å². The van der Waals surface area contributed by atoms with Crippen LogP contribution >= 0.6 is 0 Å². The predicted molar refractivity (Wildman–Crippen MR) is 126 cm³/mol. The standard InChI is InChI=1S/C27H33NO3/c1-3-28(4-2)26-11-10-19(12-20-13-21-8-6-5-7-9-22(21)14-20)15-25(26)27-17-23(30)16-24(18-29)31-27/h5-11,13-15,23-24,27,29-30H,3-4,12,16-18H2,1-2H3. The second kappa shape index (κ2) is 9.82. The number of rotatable bonds is 7. The van der Waals surface area contributed by atoms with Crippen molar-refractivity contribution in [1.82, 2.24) is 0 Å². The second-order valence-corrected chi connectivity index (χ2v) is 8.48. The number of nitrogens with zero attached hydrogens (tertiary/aromatic N) is 1. The van der Waals surface area contributed by atoms with Gasteiger partial charge in [-0.3, -0.25) is 0 Å². The van der Waals surface area contributed by atoms with Gasteiger partial charge in [0.05, 0.1) is 24.9 Å². The van der Waals surface area contributed by atoms with Gasteiger partial charge < -0.3 is 19.8 Å². The van der Waals surface area contributed by atoms with E-state index in [2.05, 4.69) is 79.4 Å². The van der Waals surface area contributed by atoms with Crippen molar-refractivity contribution >= 4 is 5.69 Å². The summed E-state index contributed by atoms with van der Waals surface area (Å²) in [6.45, 7) is 6.07. The lowest BCUT2D eigenvalue weighted by molar-refractivity contribution is -0.113. The molecule has 4 nitrogen and oxygen atoms in total. The molecule has 0 spiro atoms. The van der Waals surface area contributed by atoms with Crippen molar-refractivity contribution in [2.45, 2.75) is 51.4 Å². The van der Waals surface area contributed by atoms with Gasteiger partial charge in [0.2, 0.25) is 0 Å². The Labute approximate surface area is 185 Å². The first-order chi connectivity index (χ1) is 15.1. The van der Waals surface area contributed by atoms with Crippen molar-refractivity contribution in [3.63, 3.8) is 0 Å². The van der Waals surface area contributed by atoms with Gasteiger partial charge in [0, 0.05) is 37.2 Å². The Bertz CT molecular complexity index is 938. The normalized spacial score (nSPS) is 21.4. The van der Waals surface area contributed by atoms with Crippen molar-refractivity contribution < 1.29 is 14.9 Å². The van der Waals surface area contributed by atoms with Crippen molar-refractivity contribution in [2.75, 3.05) is 24.6 Å². The lowest BCUT2D eigenvalue weighted by atomic mass is 9.92. The van der Waals surface area contributed by atoms with E-state index >= 15 is 0 Å². The van der Waals surface area contributed by atoms with Gasteiger partial charge in [-0.25, -0.2) is 0 Å². The summed E-state index contributed by atoms with van der Waals surface area (Å²) < 4.78 is 6.20. The van der Waals surface area contributed by atoms with Gasteiger partial charge in [-0.15, -0.1) is 0 Å². The molecule has 1 heterocycles. The Hall–Kier alpha value is -2.40. The van der Waals surface area contributed by atoms with Gasteiger partial charge in [0.1, 0.15) is 0 Å². The van der Waals surface area contributed by atoms with Crippen molar-refractivity contribution in [3.8, 4) is 11.1 Å². The molecule has 0 saturated carbocycles. The predicted octanol–water partition coefficient (Wildman–Crippen LogP) is 4.80. The maximum absolute atomic E-state index is 10.4. The molecule has 31 heavy (non-hydrogen) atoms. The number of aliphatic hydroxyl groups excluding tert-OH is 2. The molecular formula is C27H33NO3. The third-order valence-electron chi connectivity index (χ3n) is 6.32. The fraction of sp³-hybridized carbons (Fsp3) is 0.407. The number of anilines is 1. The van der Waals surface area contributed by atoms with Crippen LogP contribution in [-0.4, -0.2) is 42.1 Å². The monoisotopic (exact) mass is 419 g/mol. The zero-order chi connectivity index (χ0) is 21.8. The van der Waals surface area contributed by atoms with Crippen molar-refractivity contribution in [2.24, 2.45) is 0 Å². The SMILES string of the molecule is CCN(CC)c1ccc(Cc2cc3cccccc-3c2)cc1C1CC(O)CC(CO)O1. The molecule has 0 radical (unpaired) electrons. The van der Waals surface area contributed by atoms with Crippen LogP contribution in [0.15, 0.2) is 60.7 Å². The largest absolute Gasteiger partial charge is 0.394 e. The van der Waals surface area contributed by atoms with E-state index < -0.39 is 6.10 Å². The van der Waals surface area contributed by atoms with Crippen LogP contribution in [0.5, 0.6) is 0 Å². The van der Waals surface area contributed by atoms with Crippen LogP contribution in [0.25, 0.3) is 11.1 Å². The quantitative estimate of drug-likeness (QED) is 0.578. The van der Waals surface area contributed by atoms with Crippen LogP contribution < -0.4 is 4.90 Å². The highest BCUT2D eigenvalue weighted by Gasteiger charge is 2.31. The van der Waals surface area contributed by atoms with Gasteiger partial charge in [-0.1, -0.05) is 54.6 Å². The zero-order valence-corrected chi connectivity index (χ0v) is 18.5. The van der Waals surface area contributed by atoms with Gasteiger partial charge >= 0.3 is 0 Å². The summed E-state index contributed by atoms with van der Waals surface area (Å²) in [6.07, 6.45) is 0.917. The topological polar surface area (TPSA) is 52.9 Å². The van der Waals surface area contributed by atoms with Gasteiger partial charge in [-0.05, 0) is 48.6 Å². The molecule has 1 aliphatic heterocycles. The van der Waals surface area contributed by atoms with E-state index in [-0.39, 0.29) is 18.8 Å². The molecule has 1 aromatic rings. The van der Waals surface area contributed by atoms with Gasteiger partial charge in [0.15, 0.2) is 0 Å². The number of benzene rings is 1. The molecule has 3 aliphatic rings. The molecule has 3 atom stereocenters. The number of hydrogen-bond donors (Lipinski definition) is 2. The number of fused-ring (bicyclic) bond motifs is 1. The highest BCUT2D eigenvalue weighted by molar-refractivity contribution is 5.68. The molecule has 164 valence electrons. The fourth-order valence-electron chi connectivity index (χ4n) is 4.75. The molecule has 1 aromatic carbocycles. The van der Waals surface area contributed by atoms with Crippen LogP contribution in [0.3, 0.4) is 0 Å². The Kier molecular flexibility index (Phi) is 6.91. The first kappa shape index (κ1) is 21.8. The van der Waals surface area contributed by atoms with Crippen LogP contribution in [0.4, 0.5) is 5.69 Å². The molecule has 1 fully saturated rings. The first-order valence-corrected chi connectivity index (χ1v) is 11.4. The lowest BCUT2D eigenvalue weighted by Gasteiger charge is -2.35. The average Bonchev–Trinajstić information content (AvgIpc) is 3.02. The van der Waals surface area contributed by atoms with Crippen molar-refractivity contribution in [3.05, 3.63) is 77.4 Å². The minimum atomic E-state index is -0.453. The third-order valence-corrected chi connectivity index (χ3v) is 6.32. The Balaban J connectivity index is 1.68. The van der Waals surface area contributed by atoms with Crippen molar-refractivity contribution in [1.29, 1.82) is 0 Å². The van der Waals surface area contributed by atoms with E-state index in [9.17, 15) is 10.2 Å². The molecule has 0 amide bonds. The minimum absolute atomic E-state index is 0.0641. The maximum Gasteiger partial charge on any atom is 0.0874 e. The molecule has 2 N–H and O–H groups in total. The Morgan fingerprint density at radius 2 is 1.61 bits per heavy atom. The average molecular weight is 420 g/mol. The molecule has 3 unspecified atom stereocenters. The van der Waals surface area contributed by atoms with Gasteiger partial charge in [-0.2, -0.15) is 0 Å². The first-order valence-electron chi connectivity index (χ1n) is 11.4. The summed E-state index contributed by atoms with van der Waals surface area (Å²) in [5.74, 6) is 0. The lowest BCUT2D eigenvalue weighted by Crippen LogP contribution is -2.34. The number of aliphatic hydroxyl groups is 2. The summed E-state index contributed by atoms with van der Waals surface area (Å²) in [7, 11) is 0. The number of hydrogen-bond acceptors (Lipinski definition) is 4. The van der Waals surface area contributed by atoms with E-state index in [1.54, 1.807) is 0 Å². The summed E-state index contributed by atoms with van der Waals surface area (Å²) in [5.41, 5.74) is 7.30. The van der Waals surface area contributed by atoms with E-state index in [0.717, 1.165) is 30.8 Å². The summed E-state index contributed by atoms with van der Waals surface area (Å²) in [6, 6.07) is 21.7. The molecule has 4 heteroatoms. The van der Waals surface area contributed by atoms with Crippen LogP contribution in [-0.2, 0) is 11.2 Å². The third kappa shape index (κ3) is 4.93. The van der Waals surface area contributed by atoms with Crippen LogP contribution in [0.2, 0.25) is 0 Å².